The zero-order valence-corrected chi connectivity index (χ0v) is 8.19. The normalized spacial score (nSPS) is 18.8. The molecule has 0 unspecified atom stereocenters. The molecule has 70 valence electrons. The minimum atomic E-state index is -0.278. The highest BCUT2D eigenvalue weighted by molar-refractivity contribution is 7.99. The van der Waals surface area contributed by atoms with E-state index < -0.39 is 0 Å². The number of hydrogen-bond donors (Lipinski definition) is 0. The van der Waals surface area contributed by atoms with Crippen molar-refractivity contribution in [2.75, 3.05) is 11.5 Å². The minimum absolute atomic E-state index is 0.278. The van der Waals surface area contributed by atoms with Gasteiger partial charge in [-0.2, -0.15) is 16.2 Å². The van der Waals surface area contributed by atoms with E-state index in [0.29, 0.717) is 5.92 Å². The summed E-state index contributed by atoms with van der Waals surface area (Å²) >= 11 is 1.96. The van der Waals surface area contributed by atoms with Gasteiger partial charge in [0.25, 0.3) is 0 Å². The van der Waals surface area contributed by atoms with Crippen molar-refractivity contribution in [1.29, 1.82) is 0 Å². The quantitative estimate of drug-likeness (QED) is 0.642. The number of rotatable bonds is 1. The molecule has 2 heterocycles. The third kappa shape index (κ3) is 2.02. The Morgan fingerprint density at radius 3 is 2.85 bits per heavy atom. The molecule has 0 radical (unpaired) electrons. The van der Waals surface area contributed by atoms with Crippen molar-refractivity contribution in [3.05, 3.63) is 29.8 Å². The monoisotopic (exact) mass is 197 g/mol. The number of nitrogens with zero attached hydrogens (tertiary/aromatic N) is 1. The fourth-order valence-electron chi connectivity index (χ4n) is 1.71. The second kappa shape index (κ2) is 4.09. The Hall–Kier alpha value is -0.570. The molecule has 2 rings (SSSR count). The molecule has 0 N–H and O–H groups in total. The second-order valence-electron chi connectivity index (χ2n) is 3.27. The van der Waals surface area contributed by atoms with E-state index in [9.17, 15) is 4.39 Å². The molecule has 0 amide bonds. The first-order valence-electron chi connectivity index (χ1n) is 4.56. The van der Waals surface area contributed by atoms with E-state index in [-0.39, 0.29) is 5.95 Å². The fraction of sp³-hybridized carbons (Fsp3) is 0.500. The summed E-state index contributed by atoms with van der Waals surface area (Å²) in [5, 5.41) is 0. The highest BCUT2D eigenvalue weighted by atomic mass is 32.2. The molecular formula is C10H12FNS. The van der Waals surface area contributed by atoms with Crippen LogP contribution in [0.15, 0.2) is 18.3 Å². The van der Waals surface area contributed by atoms with Crippen LogP contribution in [0.1, 0.15) is 24.3 Å². The molecule has 0 aromatic carbocycles. The summed E-state index contributed by atoms with van der Waals surface area (Å²) in [6.07, 6.45) is 3.69. The molecule has 1 aliphatic heterocycles. The molecular weight excluding hydrogens is 185 g/mol. The predicted octanol–water partition coefficient (Wildman–Crippen LogP) is 2.83. The molecule has 0 aliphatic carbocycles. The lowest BCUT2D eigenvalue weighted by molar-refractivity contribution is 0.527. The maximum absolute atomic E-state index is 13.3. The molecule has 0 saturated carbocycles. The van der Waals surface area contributed by atoms with E-state index in [1.807, 2.05) is 23.9 Å². The van der Waals surface area contributed by atoms with E-state index >= 15 is 0 Å². The molecule has 13 heavy (non-hydrogen) atoms. The van der Waals surface area contributed by atoms with E-state index in [4.69, 9.17) is 0 Å². The maximum atomic E-state index is 13.3. The summed E-state index contributed by atoms with van der Waals surface area (Å²) < 4.78 is 13.3. The van der Waals surface area contributed by atoms with Gasteiger partial charge in [0.1, 0.15) is 0 Å². The van der Waals surface area contributed by atoms with Crippen molar-refractivity contribution in [3.8, 4) is 0 Å². The SMILES string of the molecule is Fc1ncccc1C1CCSCC1. The van der Waals surface area contributed by atoms with Gasteiger partial charge in [0.05, 0.1) is 0 Å². The first-order chi connectivity index (χ1) is 6.38. The van der Waals surface area contributed by atoms with Gasteiger partial charge < -0.3 is 0 Å². The van der Waals surface area contributed by atoms with Gasteiger partial charge in [-0.15, -0.1) is 0 Å². The van der Waals surface area contributed by atoms with Gasteiger partial charge in [0.15, 0.2) is 0 Å². The standard InChI is InChI=1S/C10H12FNS/c11-10-9(2-1-5-12-10)8-3-6-13-7-4-8/h1-2,5,8H,3-4,6-7H2. The van der Waals surface area contributed by atoms with E-state index in [2.05, 4.69) is 4.98 Å². The summed E-state index contributed by atoms with van der Waals surface area (Å²) in [6, 6.07) is 3.68. The summed E-state index contributed by atoms with van der Waals surface area (Å²) in [6.45, 7) is 0. The second-order valence-corrected chi connectivity index (χ2v) is 4.49. The Kier molecular flexibility index (Phi) is 2.83. The summed E-state index contributed by atoms with van der Waals surface area (Å²) in [7, 11) is 0. The van der Waals surface area contributed by atoms with Crippen molar-refractivity contribution in [1.82, 2.24) is 4.98 Å². The van der Waals surface area contributed by atoms with Crippen LogP contribution in [-0.2, 0) is 0 Å². The Labute approximate surface area is 81.8 Å². The molecule has 1 fully saturated rings. The predicted molar refractivity (Wildman–Crippen MR) is 53.5 cm³/mol. The average Bonchev–Trinajstić information content (AvgIpc) is 2.20. The van der Waals surface area contributed by atoms with Crippen molar-refractivity contribution >= 4 is 11.8 Å². The van der Waals surface area contributed by atoms with Crippen LogP contribution in [0, 0.1) is 5.95 Å². The third-order valence-electron chi connectivity index (χ3n) is 2.45. The minimum Gasteiger partial charge on any atom is -0.228 e. The number of hydrogen-bond acceptors (Lipinski definition) is 2. The number of halogens is 1. The highest BCUT2D eigenvalue weighted by Crippen LogP contribution is 2.31. The van der Waals surface area contributed by atoms with E-state index in [1.165, 1.54) is 6.20 Å². The first-order valence-corrected chi connectivity index (χ1v) is 5.71. The third-order valence-corrected chi connectivity index (χ3v) is 3.50. The van der Waals surface area contributed by atoms with Crippen LogP contribution >= 0.6 is 11.8 Å². The largest absolute Gasteiger partial charge is 0.228 e. The molecule has 1 nitrogen and oxygen atoms in total. The summed E-state index contributed by atoms with van der Waals surface area (Å²) in [5.74, 6) is 2.42. The molecule has 3 heteroatoms. The van der Waals surface area contributed by atoms with Crippen molar-refractivity contribution < 1.29 is 4.39 Å². The summed E-state index contributed by atoms with van der Waals surface area (Å²) in [4.78, 5) is 3.68. The van der Waals surface area contributed by atoms with Gasteiger partial charge in [-0.3, -0.25) is 0 Å². The molecule has 1 aromatic rings. The molecule has 0 bridgehead atoms. The topological polar surface area (TPSA) is 12.9 Å². The van der Waals surface area contributed by atoms with Gasteiger partial charge in [-0.05, 0) is 36.3 Å². The highest BCUT2D eigenvalue weighted by Gasteiger charge is 2.18. The molecule has 1 aromatic heterocycles. The van der Waals surface area contributed by atoms with Crippen LogP contribution in [0.4, 0.5) is 4.39 Å². The number of aromatic nitrogens is 1. The van der Waals surface area contributed by atoms with Crippen molar-refractivity contribution in [3.63, 3.8) is 0 Å². The van der Waals surface area contributed by atoms with Gasteiger partial charge in [0.2, 0.25) is 5.95 Å². The van der Waals surface area contributed by atoms with Gasteiger partial charge in [0, 0.05) is 11.8 Å². The zero-order chi connectivity index (χ0) is 9.10. The van der Waals surface area contributed by atoms with Gasteiger partial charge in [-0.25, -0.2) is 4.98 Å². The van der Waals surface area contributed by atoms with Crippen LogP contribution in [0.25, 0.3) is 0 Å². The molecule has 0 atom stereocenters. The van der Waals surface area contributed by atoms with Gasteiger partial charge >= 0.3 is 0 Å². The van der Waals surface area contributed by atoms with Crippen LogP contribution in [-0.4, -0.2) is 16.5 Å². The smallest absolute Gasteiger partial charge is 0.216 e. The lowest BCUT2D eigenvalue weighted by Crippen LogP contribution is -2.10. The van der Waals surface area contributed by atoms with Crippen molar-refractivity contribution in [2.24, 2.45) is 0 Å². The Balaban J connectivity index is 2.18. The fourth-order valence-corrected chi connectivity index (χ4v) is 2.82. The first kappa shape index (κ1) is 9.00. The lowest BCUT2D eigenvalue weighted by atomic mass is 9.95. The molecule has 0 spiro atoms. The molecule has 1 aliphatic rings. The van der Waals surface area contributed by atoms with Gasteiger partial charge in [-0.1, -0.05) is 6.07 Å². The van der Waals surface area contributed by atoms with Crippen molar-refractivity contribution in [2.45, 2.75) is 18.8 Å². The number of thioether (sulfide) groups is 1. The van der Waals surface area contributed by atoms with Crippen LogP contribution in [0.3, 0.4) is 0 Å². The Morgan fingerprint density at radius 2 is 2.15 bits per heavy atom. The van der Waals surface area contributed by atoms with Crippen LogP contribution in [0.5, 0.6) is 0 Å². The van der Waals surface area contributed by atoms with E-state index in [0.717, 1.165) is 29.9 Å². The Bertz CT molecular complexity index is 284. The molecule has 1 saturated heterocycles. The van der Waals surface area contributed by atoms with Crippen LogP contribution < -0.4 is 0 Å². The Morgan fingerprint density at radius 1 is 1.38 bits per heavy atom. The average molecular weight is 197 g/mol. The summed E-state index contributed by atoms with van der Waals surface area (Å²) in [5.41, 5.74) is 0.808. The zero-order valence-electron chi connectivity index (χ0n) is 7.37. The maximum Gasteiger partial charge on any atom is 0.216 e. The van der Waals surface area contributed by atoms with E-state index in [1.54, 1.807) is 0 Å². The number of pyridine rings is 1. The lowest BCUT2D eigenvalue weighted by Gasteiger charge is -2.21. The van der Waals surface area contributed by atoms with Crippen LogP contribution in [0.2, 0.25) is 0 Å².